The number of fused-ring (bicyclic) bond motifs is 1. The molecular formula is C26H33N9O2. The Hall–Kier alpha value is -3.83. The Morgan fingerprint density at radius 1 is 1.14 bits per heavy atom. The highest BCUT2D eigenvalue weighted by atomic mass is 16.5. The van der Waals surface area contributed by atoms with Crippen LogP contribution in [0.2, 0.25) is 0 Å². The fraction of sp³-hybridized carbons (Fsp3) is 0.423. The van der Waals surface area contributed by atoms with Crippen molar-refractivity contribution >= 4 is 17.5 Å². The lowest BCUT2D eigenvalue weighted by atomic mass is 10.1. The average Bonchev–Trinajstić information content (AvgIpc) is 3.61. The van der Waals surface area contributed by atoms with E-state index in [1.54, 1.807) is 28.9 Å². The van der Waals surface area contributed by atoms with Gasteiger partial charge in [-0.25, -0.2) is 9.67 Å². The number of rotatable bonds is 9. The van der Waals surface area contributed by atoms with E-state index >= 15 is 0 Å². The Balaban J connectivity index is 1.40. The van der Waals surface area contributed by atoms with Gasteiger partial charge in [0.15, 0.2) is 5.65 Å². The molecule has 0 aliphatic carbocycles. The summed E-state index contributed by atoms with van der Waals surface area (Å²) in [4.78, 5) is 26.7. The SMILES string of the molecule is CC(C)c1cnn2c(NCc3ccccc3-n3cccn3)nc(C(=O)N(C)CCN3CCOCC3)nc12. The molecule has 1 amide bonds. The van der Waals surface area contributed by atoms with Crippen LogP contribution in [0.4, 0.5) is 5.95 Å². The molecule has 11 nitrogen and oxygen atoms in total. The van der Waals surface area contributed by atoms with E-state index in [9.17, 15) is 4.79 Å². The summed E-state index contributed by atoms with van der Waals surface area (Å²) in [6, 6.07) is 9.92. The Labute approximate surface area is 216 Å². The number of para-hydroxylation sites is 1. The summed E-state index contributed by atoms with van der Waals surface area (Å²) in [5.74, 6) is 0.605. The molecule has 1 saturated heterocycles. The first-order valence-electron chi connectivity index (χ1n) is 12.6. The highest BCUT2D eigenvalue weighted by molar-refractivity contribution is 5.91. The molecule has 1 aliphatic rings. The van der Waals surface area contributed by atoms with Crippen molar-refractivity contribution in [3.05, 3.63) is 65.9 Å². The van der Waals surface area contributed by atoms with Gasteiger partial charge >= 0.3 is 0 Å². The van der Waals surface area contributed by atoms with Gasteiger partial charge in [-0.15, -0.1) is 0 Å². The van der Waals surface area contributed by atoms with Crippen molar-refractivity contribution in [1.29, 1.82) is 0 Å². The number of carbonyl (C=O) groups excluding carboxylic acids is 1. The number of ether oxygens (including phenoxy) is 1. The van der Waals surface area contributed by atoms with Crippen LogP contribution in [0.1, 0.15) is 41.5 Å². The fourth-order valence-electron chi connectivity index (χ4n) is 4.37. The standard InChI is InChI=1S/C26H33N9O2/c1-19(2)21-18-29-35-24(21)30-23(25(36)32(3)11-12-33-13-15-37-16-14-33)31-26(35)27-17-20-7-4-5-8-22(20)34-10-6-9-28-34/h4-10,18-19H,11-17H2,1-3H3,(H,27,30,31). The molecule has 4 heterocycles. The van der Waals surface area contributed by atoms with E-state index in [1.165, 1.54) is 0 Å². The number of amides is 1. The Morgan fingerprint density at radius 3 is 2.70 bits per heavy atom. The number of nitrogens with one attached hydrogen (secondary N) is 1. The summed E-state index contributed by atoms with van der Waals surface area (Å²) in [7, 11) is 1.80. The van der Waals surface area contributed by atoms with E-state index in [4.69, 9.17) is 4.74 Å². The zero-order valence-electron chi connectivity index (χ0n) is 21.5. The van der Waals surface area contributed by atoms with Crippen LogP contribution in [0, 0.1) is 0 Å². The third-order valence-corrected chi connectivity index (χ3v) is 6.59. The van der Waals surface area contributed by atoms with Crippen molar-refractivity contribution in [3.8, 4) is 5.69 Å². The van der Waals surface area contributed by atoms with Crippen LogP contribution in [-0.2, 0) is 11.3 Å². The summed E-state index contributed by atoms with van der Waals surface area (Å²) < 4.78 is 8.93. The van der Waals surface area contributed by atoms with Gasteiger partial charge in [0.2, 0.25) is 11.8 Å². The molecule has 0 atom stereocenters. The minimum Gasteiger partial charge on any atom is -0.379 e. The molecular weight excluding hydrogens is 470 g/mol. The molecule has 37 heavy (non-hydrogen) atoms. The highest BCUT2D eigenvalue weighted by Crippen LogP contribution is 2.22. The number of hydrogen-bond acceptors (Lipinski definition) is 8. The molecule has 1 aliphatic heterocycles. The molecule has 0 unspecified atom stereocenters. The molecule has 1 N–H and O–H groups in total. The first kappa shape index (κ1) is 24.8. The van der Waals surface area contributed by atoms with E-state index in [1.807, 2.05) is 41.2 Å². The number of hydrogen-bond donors (Lipinski definition) is 1. The Kier molecular flexibility index (Phi) is 7.42. The van der Waals surface area contributed by atoms with Crippen LogP contribution in [0.15, 0.2) is 48.9 Å². The molecule has 3 aromatic heterocycles. The number of nitrogens with zero attached hydrogens (tertiary/aromatic N) is 8. The molecule has 1 aromatic carbocycles. The molecule has 0 saturated carbocycles. The second-order valence-electron chi connectivity index (χ2n) is 9.47. The average molecular weight is 504 g/mol. The first-order chi connectivity index (χ1) is 18.0. The molecule has 5 rings (SSSR count). The van der Waals surface area contributed by atoms with Gasteiger partial charge in [0.25, 0.3) is 5.91 Å². The van der Waals surface area contributed by atoms with E-state index in [2.05, 4.69) is 44.2 Å². The maximum Gasteiger partial charge on any atom is 0.291 e. The fourth-order valence-corrected chi connectivity index (χ4v) is 4.37. The predicted molar refractivity (Wildman–Crippen MR) is 140 cm³/mol. The van der Waals surface area contributed by atoms with Crippen LogP contribution in [0.25, 0.3) is 11.3 Å². The van der Waals surface area contributed by atoms with Crippen molar-refractivity contribution in [3.63, 3.8) is 0 Å². The summed E-state index contributed by atoms with van der Waals surface area (Å²) in [5, 5.41) is 12.3. The third kappa shape index (κ3) is 5.47. The summed E-state index contributed by atoms with van der Waals surface area (Å²) in [5.41, 5.74) is 3.60. The van der Waals surface area contributed by atoms with Gasteiger partial charge in [-0.2, -0.15) is 19.7 Å². The van der Waals surface area contributed by atoms with Gasteiger partial charge in [-0.05, 0) is 23.6 Å². The largest absolute Gasteiger partial charge is 0.379 e. The van der Waals surface area contributed by atoms with Crippen LogP contribution >= 0.6 is 0 Å². The van der Waals surface area contributed by atoms with Gasteiger partial charge in [0.1, 0.15) is 0 Å². The highest BCUT2D eigenvalue weighted by Gasteiger charge is 2.22. The van der Waals surface area contributed by atoms with Crippen molar-refractivity contribution in [2.24, 2.45) is 0 Å². The third-order valence-electron chi connectivity index (χ3n) is 6.59. The molecule has 11 heteroatoms. The van der Waals surface area contributed by atoms with E-state index < -0.39 is 0 Å². The van der Waals surface area contributed by atoms with Gasteiger partial charge in [-0.1, -0.05) is 32.0 Å². The second kappa shape index (κ2) is 11.1. The van der Waals surface area contributed by atoms with Crippen molar-refractivity contribution in [2.75, 3.05) is 51.8 Å². The topological polar surface area (TPSA) is 106 Å². The van der Waals surface area contributed by atoms with Gasteiger partial charge in [0.05, 0.1) is 25.1 Å². The van der Waals surface area contributed by atoms with E-state index in [-0.39, 0.29) is 17.6 Å². The first-order valence-corrected chi connectivity index (χ1v) is 12.6. The van der Waals surface area contributed by atoms with E-state index in [0.29, 0.717) is 24.7 Å². The van der Waals surface area contributed by atoms with Crippen molar-refractivity contribution in [1.82, 2.24) is 39.2 Å². The van der Waals surface area contributed by atoms with E-state index in [0.717, 1.165) is 49.7 Å². The molecule has 194 valence electrons. The van der Waals surface area contributed by atoms with Crippen molar-refractivity contribution in [2.45, 2.75) is 26.3 Å². The summed E-state index contributed by atoms with van der Waals surface area (Å²) >= 11 is 0. The van der Waals surface area contributed by atoms with Gasteiger partial charge in [-0.3, -0.25) is 9.69 Å². The second-order valence-corrected chi connectivity index (χ2v) is 9.47. The molecule has 0 spiro atoms. The smallest absolute Gasteiger partial charge is 0.291 e. The lowest BCUT2D eigenvalue weighted by molar-refractivity contribution is 0.0337. The lowest BCUT2D eigenvalue weighted by Crippen LogP contribution is -2.42. The molecule has 4 aromatic rings. The number of aromatic nitrogens is 6. The predicted octanol–water partition coefficient (Wildman–Crippen LogP) is 2.45. The minimum absolute atomic E-state index is 0.155. The normalized spacial score (nSPS) is 14.4. The Morgan fingerprint density at radius 2 is 1.95 bits per heavy atom. The lowest BCUT2D eigenvalue weighted by Gasteiger charge is -2.28. The van der Waals surface area contributed by atoms with Crippen LogP contribution < -0.4 is 5.32 Å². The number of likely N-dealkylation sites (N-methyl/N-ethyl adjacent to an activating group) is 1. The minimum atomic E-state index is -0.216. The number of morpholine rings is 1. The van der Waals surface area contributed by atoms with Gasteiger partial charge in [0, 0.05) is 57.7 Å². The maximum absolute atomic E-state index is 13.4. The zero-order chi connectivity index (χ0) is 25.8. The number of benzene rings is 1. The molecule has 1 fully saturated rings. The van der Waals surface area contributed by atoms with Crippen molar-refractivity contribution < 1.29 is 9.53 Å². The van der Waals surface area contributed by atoms with Crippen LogP contribution in [0.5, 0.6) is 0 Å². The quantitative estimate of drug-likeness (QED) is 0.371. The number of carbonyl (C=O) groups is 1. The van der Waals surface area contributed by atoms with Crippen LogP contribution in [-0.4, -0.2) is 91.5 Å². The maximum atomic E-state index is 13.4. The zero-order valence-corrected chi connectivity index (χ0v) is 21.5. The molecule has 0 radical (unpaired) electrons. The number of anilines is 1. The molecule has 0 bridgehead atoms. The Bertz CT molecular complexity index is 1340. The monoisotopic (exact) mass is 503 g/mol. The summed E-state index contributed by atoms with van der Waals surface area (Å²) in [6.07, 6.45) is 5.46. The van der Waals surface area contributed by atoms with Crippen LogP contribution in [0.3, 0.4) is 0 Å². The van der Waals surface area contributed by atoms with Gasteiger partial charge < -0.3 is 15.0 Å². The summed E-state index contributed by atoms with van der Waals surface area (Å²) in [6.45, 7) is 9.24.